The molecule has 2 atom stereocenters. The molecule has 0 radical (unpaired) electrons. The van der Waals surface area contributed by atoms with Crippen LogP contribution in [0.25, 0.3) is 5.65 Å². The van der Waals surface area contributed by atoms with Crippen LogP contribution in [-0.4, -0.2) is 39.9 Å². The van der Waals surface area contributed by atoms with E-state index in [1.807, 2.05) is 28.9 Å². The van der Waals surface area contributed by atoms with Crippen molar-refractivity contribution < 1.29 is 4.74 Å². The molecular weight excluding hydrogens is 240 g/mol. The fraction of sp³-hybridized carbons (Fsp3) is 0.571. The molecule has 0 amide bonds. The summed E-state index contributed by atoms with van der Waals surface area (Å²) in [6.07, 6.45) is 5.17. The summed E-state index contributed by atoms with van der Waals surface area (Å²) in [5.74, 6) is 1.58. The van der Waals surface area contributed by atoms with Crippen LogP contribution in [0.3, 0.4) is 0 Å². The van der Waals surface area contributed by atoms with Crippen molar-refractivity contribution in [2.24, 2.45) is 5.92 Å². The van der Waals surface area contributed by atoms with Crippen LogP contribution in [0, 0.1) is 5.92 Å². The van der Waals surface area contributed by atoms with Gasteiger partial charge in [-0.25, -0.2) is 4.52 Å². The maximum absolute atomic E-state index is 6.03. The molecule has 1 saturated carbocycles. The number of hydrogen-bond donors (Lipinski definition) is 0. The first-order chi connectivity index (χ1) is 9.29. The van der Waals surface area contributed by atoms with Crippen molar-refractivity contribution in [3.8, 4) is 0 Å². The molecule has 4 rings (SSSR count). The summed E-state index contributed by atoms with van der Waals surface area (Å²) in [6.45, 7) is 3.93. The largest absolute Gasteiger partial charge is 0.371 e. The van der Waals surface area contributed by atoms with Crippen molar-refractivity contribution in [3.63, 3.8) is 0 Å². The van der Waals surface area contributed by atoms with Gasteiger partial charge in [0.1, 0.15) is 0 Å². The lowest BCUT2D eigenvalue weighted by atomic mass is 10.1. The Morgan fingerprint density at radius 2 is 2.16 bits per heavy atom. The van der Waals surface area contributed by atoms with Gasteiger partial charge in [0.05, 0.1) is 12.2 Å². The molecule has 19 heavy (non-hydrogen) atoms. The Morgan fingerprint density at radius 1 is 1.26 bits per heavy atom. The number of fused-ring (bicyclic) bond motifs is 1. The zero-order valence-corrected chi connectivity index (χ0v) is 11.1. The van der Waals surface area contributed by atoms with E-state index in [9.17, 15) is 0 Å². The van der Waals surface area contributed by atoms with E-state index in [4.69, 9.17) is 4.74 Å². The molecule has 0 unspecified atom stereocenters. The first-order valence-electron chi connectivity index (χ1n) is 7.01. The minimum atomic E-state index is 0.256. The second kappa shape index (κ2) is 4.20. The van der Waals surface area contributed by atoms with Gasteiger partial charge in [0.15, 0.2) is 5.65 Å². The number of ether oxygens (including phenoxy) is 1. The van der Waals surface area contributed by atoms with E-state index in [1.54, 1.807) is 0 Å². The highest BCUT2D eigenvalue weighted by molar-refractivity contribution is 5.44. The average Bonchev–Trinajstić information content (AvgIpc) is 3.17. The van der Waals surface area contributed by atoms with E-state index in [-0.39, 0.29) is 6.10 Å². The minimum absolute atomic E-state index is 0.256. The van der Waals surface area contributed by atoms with Crippen molar-refractivity contribution in [2.75, 3.05) is 18.0 Å². The Hall–Kier alpha value is -1.62. The third-order valence-corrected chi connectivity index (χ3v) is 3.95. The third-order valence-electron chi connectivity index (χ3n) is 3.95. The molecule has 2 aliphatic rings. The van der Waals surface area contributed by atoms with Crippen LogP contribution >= 0.6 is 0 Å². The van der Waals surface area contributed by atoms with E-state index in [2.05, 4.69) is 21.9 Å². The molecule has 2 aromatic heterocycles. The summed E-state index contributed by atoms with van der Waals surface area (Å²) >= 11 is 0. The highest BCUT2D eigenvalue weighted by Gasteiger charge is 2.38. The Morgan fingerprint density at radius 3 is 2.95 bits per heavy atom. The van der Waals surface area contributed by atoms with Gasteiger partial charge in [0.2, 0.25) is 5.95 Å². The molecule has 2 fully saturated rings. The van der Waals surface area contributed by atoms with E-state index in [0.29, 0.717) is 6.10 Å². The third kappa shape index (κ3) is 2.08. The summed E-state index contributed by atoms with van der Waals surface area (Å²) in [4.78, 5) is 6.88. The van der Waals surface area contributed by atoms with Crippen molar-refractivity contribution in [1.29, 1.82) is 0 Å². The fourth-order valence-electron chi connectivity index (χ4n) is 2.83. The first kappa shape index (κ1) is 11.2. The summed E-state index contributed by atoms with van der Waals surface area (Å²) in [6, 6.07) is 5.95. The standard InChI is InChI=1S/C14H18N4O/c1-10-8-17(9-12(19-10)11-5-6-11)14-15-13-4-2-3-7-18(13)16-14/h2-4,7,10-12H,5-6,8-9H2,1H3/t10-,12-/m0/s1. The summed E-state index contributed by atoms with van der Waals surface area (Å²) in [5.41, 5.74) is 0.902. The van der Waals surface area contributed by atoms with Crippen LogP contribution in [0.15, 0.2) is 24.4 Å². The van der Waals surface area contributed by atoms with Crippen LogP contribution in [0.2, 0.25) is 0 Å². The highest BCUT2D eigenvalue weighted by atomic mass is 16.5. The normalized spacial score (nSPS) is 27.9. The van der Waals surface area contributed by atoms with Crippen LogP contribution in [0.4, 0.5) is 5.95 Å². The Kier molecular flexibility index (Phi) is 2.48. The number of morpholine rings is 1. The Labute approximate surface area is 112 Å². The highest BCUT2D eigenvalue weighted by Crippen LogP contribution is 2.37. The number of nitrogens with zero attached hydrogens (tertiary/aromatic N) is 4. The summed E-state index contributed by atoms with van der Waals surface area (Å²) in [5, 5.41) is 4.56. The number of anilines is 1. The molecule has 0 aromatic carbocycles. The van der Waals surface area contributed by atoms with Gasteiger partial charge in [-0.3, -0.25) is 0 Å². The number of pyridine rings is 1. The summed E-state index contributed by atoms with van der Waals surface area (Å²) < 4.78 is 7.87. The predicted octanol–water partition coefficient (Wildman–Crippen LogP) is 1.73. The number of hydrogen-bond acceptors (Lipinski definition) is 4. The molecule has 5 heteroatoms. The lowest BCUT2D eigenvalue weighted by Crippen LogP contribution is -2.48. The van der Waals surface area contributed by atoms with Gasteiger partial charge < -0.3 is 9.64 Å². The molecule has 0 bridgehead atoms. The molecule has 0 N–H and O–H groups in total. The fourth-order valence-corrected chi connectivity index (χ4v) is 2.83. The van der Waals surface area contributed by atoms with Gasteiger partial charge in [-0.2, -0.15) is 4.98 Å². The predicted molar refractivity (Wildman–Crippen MR) is 72.3 cm³/mol. The molecular formula is C14H18N4O. The van der Waals surface area contributed by atoms with E-state index >= 15 is 0 Å². The molecule has 0 spiro atoms. The molecule has 2 aromatic rings. The number of aromatic nitrogens is 3. The van der Waals surface area contributed by atoms with Crippen molar-refractivity contribution in [3.05, 3.63) is 24.4 Å². The second-order valence-electron chi connectivity index (χ2n) is 5.64. The topological polar surface area (TPSA) is 42.7 Å². The van der Waals surface area contributed by atoms with Gasteiger partial charge in [-0.05, 0) is 37.8 Å². The molecule has 100 valence electrons. The zero-order chi connectivity index (χ0) is 12.8. The van der Waals surface area contributed by atoms with Crippen molar-refractivity contribution >= 4 is 11.6 Å². The SMILES string of the molecule is C[C@H]1CN(c2nc3ccccn3n2)C[C@@H](C2CC2)O1. The molecule has 3 heterocycles. The van der Waals surface area contributed by atoms with Gasteiger partial charge in [0.25, 0.3) is 0 Å². The zero-order valence-electron chi connectivity index (χ0n) is 11.1. The van der Waals surface area contributed by atoms with Crippen LogP contribution in [0.1, 0.15) is 19.8 Å². The molecule has 5 nitrogen and oxygen atoms in total. The van der Waals surface area contributed by atoms with Crippen LogP contribution in [0.5, 0.6) is 0 Å². The van der Waals surface area contributed by atoms with Gasteiger partial charge >= 0.3 is 0 Å². The van der Waals surface area contributed by atoms with Gasteiger partial charge in [-0.1, -0.05) is 6.07 Å². The summed E-state index contributed by atoms with van der Waals surface area (Å²) in [7, 11) is 0. The van der Waals surface area contributed by atoms with Gasteiger partial charge in [-0.15, -0.1) is 5.10 Å². The van der Waals surface area contributed by atoms with E-state index in [0.717, 1.165) is 30.6 Å². The maximum atomic E-state index is 6.03. The Bertz CT molecular complexity index is 559. The van der Waals surface area contributed by atoms with Crippen molar-refractivity contribution in [1.82, 2.24) is 14.6 Å². The monoisotopic (exact) mass is 258 g/mol. The quantitative estimate of drug-likeness (QED) is 0.823. The molecule has 1 saturated heterocycles. The lowest BCUT2D eigenvalue weighted by Gasteiger charge is -2.36. The van der Waals surface area contributed by atoms with Crippen LogP contribution < -0.4 is 4.90 Å². The maximum Gasteiger partial charge on any atom is 0.245 e. The lowest BCUT2D eigenvalue weighted by molar-refractivity contribution is -0.0275. The Balaban J connectivity index is 1.62. The molecule has 1 aliphatic heterocycles. The van der Waals surface area contributed by atoms with Crippen LogP contribution in [-0.2, 0) is 4.74 Å². The van der Waals surface area contributed by atoms with Crippen molar-refractivity contribution in [2.45, 2.75) is 32.0 Å². The average molecular weight is 258 g/mol. The number of rotatable bonds is 2. The molecule has 1 aliphatic carbocycles. The van der Waals surface area contributed by atoms with Gasteiger partial charge in [0, 0.05) is 19.3 Å². The van der Waals surface area contributed by atoms with E-state index < -0.39 is 0 Å². The minimum Gasteiger partial charge on any atom is -0.371 e. The first-order valence-corrected chi connectivity index (χ1v) is 7.01. The smallest absolute Gasteiger partial charge is 0.245 e. The van der Waals surface area contributed by atoms with E-state index in [1.165, 1.54) is 12.8 Å². The second-order valence-corrected chi connectivity index (χ2v) is 5.64.